The van der Waals surface area contributed by atoms with Gasteiger partial charge >= 0.3 is 0 Å². The highest BCUT2D eigenvalue weighted by Crippen LogP contribution is 2.42. The van der Waals surface area contributed by atoms with Crippen LogP contribution in [-0.4, -0.2) is 16.0 Å². The molecule has 1 aliphatic rings. The summed E-state index contributed by atoms with van der Waals surface area (Å²) in [7, 11) is 0. The van der Waals surface area contributed by atoms with Gasteiger partial charge in [0, 0.05) is 17.8 Å². The van der Waals surface area contributed by atoms with Crippen molar-refractivity contribution in [3.8, 4) is 0 Å². The Balaban J connectivity index is 1.71. The lowest BCUT2D eigenvalue weighted by Crippen LogP contribution is -2.29. The van der Waals surface area contributed by atoms with Crippen molar-refractivity contribution >= 4 is 46.2 Å². The molecule has 0 spiro atoms. The van der Waals surface area contributed by atoms with Gasteiger partial charge < -0.3 is 20.0 Å². The maximum atomic E-state index is 12.0. The number of benzene rings is 1. The molecule has 1 saturated heterocycles. The second-order valence-corrected chi connectivity index (χ2v) is 8.11. The first-order valence-electron chi connectivity index (χ1n) is 9.60. The van der Waals surface area contributed by atoms with E-state index < -0.39 is 0 Å². The number of rotatable bonds is 5. The van der Waals surface area contributed by atoms with Crippen LogP contribution in [0, 0.1) is 5.92 Å². The number of carbonyl (C=O) groups is 1. The number of thiocarbonyl (C=S) groups is 1. The van der Waals surface area contributed by atoms with Crippen LogP contribution in [0.4, 0.5) is 11.4 Å². The van der Waals surface area contributed by atoms with Crippen molar-refractivity contribution in [2.24, 2.45) is 5.92 Å². The van der Waals surface area contributed by atoms with Crippen LogP contribution >= 0.6 is 23.8 Å². The lowest BCUT2D eigenvalue weighted by molar-refractivity contribution is -0.118. The number of pyridine rings is 1. The van der Waals surface area contributed by atoms with E-state index in [0.29, 0.717) is 15.8 Å². The van der Waals surface area contributed by atoms with Crippen LogP contribution in [0.3, 0.4) is 0 Å². The first-order chi connectivity index (χ1) is 14.5. The second kappa shape index (κ2) is 8.45. The lowest BCUT2D eigenvalue weighted by atomic mass is 10.0. The fraction of sp³-hybridized carbons (Fsp3) is 0.227. The smallest absolute Gasteiger partial charge is 0.226 e. The van der Waals surface area contributed by atoms with Gasteiger partial charge in [-0.2, -0.15) is 0 Å². The summed E-state index contributed by atoms with van der Waals surface area (Å²) in [6.07, 6.45) is 3.40. The topological polar surface area (TPSA) is 70.4 Å². The average molecular weight is 441 g/mol. The molecule has 0 radical (unpaired) electrons. The zero-order valence-corrected chi connectivity index (χ0v) is 18.1. The van der Waals surface area contributed by atoms with Gasteiger partial charge in [0.2, 0.25) is 5.91 Å². The Morgan fingerprint density at radius 3 is 2.73 bits per heavy atom. The van der Waals surface area contributed by atoms with Gasteiger partial charge in [0.05, 0.1) is 28.7 Å². The van der Waals surface area contributed by atoms with Crippen LogP contribution in [0.2, 0.25) is 5.02 Å². The Morgan fingerprint density at radius 2 is 2.10 bits per heavy atom. The summed E-state index contributed by atoms with van der Waals surface area (Å²) in [5.74, 6) is 0.525. The highest BCUT2D eigenvalue weighted by Gasteiger charge is 2.42. The zero-order chi connectivity index (χ0) is 21.3. The molecule has 3 aromatic rings. The van der Waals surface area contributed by atoms with Crippen molar-refractivity contribution in [1.29, 1.82) is 0 Å². The van der Waals surface area contributed by atoms with Gasteiger partial charge in [-0.25, -0.2) is 0 Å². The third-order valence-electron chi connectivity index (χ3n) is 4.95. The van der Waals surface area contributed by atoms with Crippen molar-refractivity contribution in [1.82, 2.24) is 10.3 Å². The second-order valence-electron chi connectivity index (χ2n) is 7.32. The van der Waals surface area contributed by atoms with Gasteiger partial charge in [-0.15, -0.1) is 0 Å². The van der Waals surface area contributed by atoms with E-state index in [-0.39, 0.29) is 23.9 Å². The summed E-state index contributed by atoms with van der Waals surface area (Å²) in [6, 6.07) is 14.6. The molecular formula is C22H21ClN4O2S. The molecule has 1 aliphatic heterocycles. The van der Waals surface area contributed by atoms with E-state index in [9.17, 15) is 4.79 Å². The van der Waals surface area contributed by atoms with Crippen LogP contribution in [0.25, 0.3) is 0 Å². The fourth-order valence-corrected chi connectivity index (χ4v) is 3.98. The van der Waals surface area contributed by atoms with E-state index in [2.05, 4.69) is 15.6 Å². The first kappa shape index (κ1) is 20.4. The molecule has 3 heterocycles. The Morgan fingerprint density at radius 1 is 1.27 bits per heavy atom. The minimum Gasteiger partial charge on any atom is -0.467 e. The van der Waals surface area contributed by atoms with Gasteiger partial charge in [0.15, 0.2) is 5.11 Å². The number of hydrogen-bond donors (Lipinski definition) is 2. The monoisotopic (exact) mass is 440 g/mol. The zero-order valence-electron chi connectivity index (χ0n) is 16.5. The summed E-state index contributed by atoms with van der Waals surface area (Å²) in [5, 5.41) is 7.18. The number of nitrogens with one attached hydrogen (secondary N) is 2. The van der Waals surface area contributed by atoms with E-state index in [1.54, 1.807) is 24.6 Å². The summed E-state index contributed by atoms with van der Waals surface area (Å²) in [5.41, 5.74) is 2.21. The Labute approximate surface area is 185 Å². The number of carbonyl (C=O) groups excluding carboxylic acids is 1. The van der Waals surface area contributed by atoms with Gasteiger partial charge in [0.1, 0.15) is 11.8 Å². The molecule has 8 heteroatoms. The van der Waals surface area contributed by atoms with Gasteiger partial charge in [-0.3, -0.25) is 9.78 Å². The molecule has 4 rings (SSSR count). The van der Waals surface area contributed by atoms with E-state index in [0.717, 1.165) is 17.1 Å². The fourth-order valence-electron chi connectivity index (χ4n) is 3.41. The molecule has 154 valence electrons. The van der Waals surface area contributed by atoms with Gasteiger partial charge in [-0.05, 0) is 54.7 Å². The maximum absolute atomic E-state index is 12.0. The van der Waals surface area contributed by atoms with Gasteiger partial charge in [-0.1, -0.05) is 31.5 Å². The van der Waals surface area contributed by atoms with Crippen LogP contribution < -0.4 is 15.5 Å². The number of amides is 1. The van der Waals surface area contributed by atoms with Crippen LogP contribution in [-0.2, 0) is 4.79 Å². The number of anilines is 2. The lowest BCUT2D eigenvalue weighted by Gasteiger charge is -2.26. The van der Waals surface area contributed by atoms with Crippen molar-refractivity contribution in [2.45, 2.75) is 25.9 Å². The summed E-state index contributed by atoms with van der Waals surface area (Å²) in [4.78, 5) is 18.5. The van der Waals surface area contributed by atoms with Crippen LogP contribution in [0.1, 0.15) is 37.4 Å². The van der Waals surface area contributed by atoms with Crippen molar-refractivity contribution in [3.05, 3.63) is 77.5 Å². The highest BCUT2D eigenvalue weighted by molar-refractivity contribution is 7.80. The summed E-state index contributed by atoms with van der Waals surface area (Å²) in [6.45, 7) is 3.66. The maximum Gasteiger partial charge on any atom is 0.226 e. The van der Waals surface area contributed by atoms with Crippen molar-refractivity contribution < 1.29 is 9.21 Å². The van der Waals surface area contributed by atoms with Crippen molar-refractivity contribution in [2.75, 3.05) is 10.2 Å². The molecule has 1 amide bonds. The summed E-state index contributed by atoms with van der Waals surface area (Å²) < 4.78 is 5.74. The molecule has 6 nitrogen and oxygen atoms in total. The SMILES string of the molecule is CC(C)C(=O)Nc1ccc(N2C(=S)N[C@H](c3ccccn3)[C@@H]2c2ccco2)cc1Cl. The van der Waals surface area contributed by atoms with Gasteiger partial charge in [0.25, 0.3) is 0 Å². The highest BCUT2D eigenvalue weighted by atomic mass is 35.5. The van der Waals surface area contributed by atoms with E-state index in [1.165, 1.54) is 0 Å². The quantitative estimate of drug-likeness (QED) is 0.538. The van der Waals surface area contributed by atoms with Crippen LogP contribution in [0.5, 0.6) is 0 Å². The normalized spacial score (nSPS) is 18.5. The van der Waals surface area contributed by atoms with Crippen molar-refractivity contribution in [3.63, 3.8) is 0 Å². The third kappa shape index (κ3) is 3.91. The van der Waals surface area contributed by atoms with E-state index in [4.69, 9.17) is 28.2 Å². The largest absolute Gasteiger partial charge is 0.467 e. The Bertz CT molecular complexity index is 1060. The first-order valence-corrected chi connectivity index (χ1v) is 10.4. The molecular weight excluding hydrogens is 420 g/mol. The minimum absolute atomic E-state index is 0.0910. The predicted molar refractivity (Wildman–Crippen MR) is 122 cm³/mol. The van der Waals surface area contributed by atoms with E-state index in [1.807, 2.05) is 55.1 Å². The van der Waals surface area contributed by atoms with Crippen LogP contribution in [0.15, 0.2) is 65.4 Å². The number of nitrogens with zero attached hydrogens (tertiary/aromatic N) is 2. The summed E-state index contributed by atoms with van der Waals surface area (Å²) >= 11 is 12.2. The Kier molecular flexibility index (Phi) is 5.74. The number of halogens is 1. The molecule has 30 heavy (non-hydrogen) atoms. The molecule has 0 aliphatic carbocycles. The molecule has 2 atom stereocenters. The molecule has 2 aromatic heterocycles. The number of furan rings is 1. The molecule has 2 N–H and O–H groups in total. The molecule has 0 bridgehead atoms. The minimum atomic E-state index is -0.241. The predicted octanol–water partition coefficient (Wildman–Crippen LogP) is 5.10. The average Bonchev–Trinajstić information content (AvgIpc) is 3.37. The molecule has 0 unspecified atom stereocenters. The van der Waals surface area contributed by atoms with E-state index >= 15 is 0 Å². The Hall–Kier alpha value is -2.90. The molecule has 0 saturated carbocycles. The molecule has 1 fully saturated rings. The number of hydrogen-bond acceptors (Lipinski definition) is 4. The number of aromatic nitrogens is 1. The third-order valence-corrected chi connectivity index (χ3v) is 5.57. The molecule has 1 aromatic carbocycles. The standard InChI is InChI=1S/C22H21ClN4O2S/c1-13(2)21(28)25-16-9-8-14(12-15(16)23)27-20(18-7-5-11-29-18)19(26-22(27)30)17-6-3-4-10-24-17/h3-13,19-20H,1-2H3,(H,25,28)(H,26,30)/t19-,20+/m1/s1.